The molecule has 1 unspecified atom stereocenters. The lowest BCUT2D eigenvalue weighted by Crippen LogP contribution is -2.06. The Morgan fingerprint density at radius 1 is 1.12 bits per heavy atom. The first kappa shape index (κ1) is 13.2. The Kier molecular flexibility index (Phi) is 4.03. The van der Waals surface area contributed by atoms with Crippen molar-refractivity contribution in [3.63, 3.8) is 0 Å². The van der Waals surface area contributed by atoms with Crippen LogP contribution in [0.2, 0.25) is 0 Å². The van der Waals surface area contributed by atoms with Gasteiger partial charge in [0.1, 0.15) is 0 Å². The average Bonchev–Trinajstić information content (AvgIpc) is 2.30. The van der Waals surface area contributed by atoms with Gasteiger partial charge in [-0.25, -0.2) is 0 Å². The van der Waals surface area contributed by atoms with Crippen LogP contribution in [0.5, 0.6) is 0 Å². The third-order valence-corrected chi connectivity index (χ3v) is 5.77. The zero-order chi connectivity index (χ0) is 12.5. The van der Waals surface area contributed by atoms with Gasteiger partial charge in [0.15, 0.2) is 0 Å². The number of aryl methyl sites for hydroxylation is 1. The van der Waals surface area contributed by atoms with Crippen LogP contribution < -0.4 is 0 Å². The van der Waals surface area contributed by atoms with Crippen LogP contribution in [-0.2, 0) is 0 Å². The molecule has 0 aromatic heterocycles. The highest BCUT2D eigenvalue weighted by molar-refractivity contribution is 14.1. The first-order chi connectivity index (χ1) is 8.03. The smallest absolute Gasteiger partial charge is 0.0689 e. The maximum atomic E-state index is 2.55. The van der Waals surface area contributed by atoms with E-state index in [9.17, 15) is 0 Å². The van der Waals surface area contributed by atoms with Gasteiger partial charge in [-0.3, -0.25) is 0 Å². The van der Waals surface area contributed by atoms with Gasteiger partial charge in [0.05, 0.1) is 2.75 Å². The molecule has 2 heteroatoms. The lowest BCUT2D eigenvalue weighted by atomic mass is 10.1. The van der Waals surface area contributed by atoms with Crippen LogP contribution in [0, 0.1) is 6.92 Å². The number of alkyl halides is 1. The molecule has 0 spiro atoms. The summed E-state index contributed by atoms with van der Waals surface area (Å²) in [6.07, 6.45) is 1.17. The quantitative estimate of drug-likeness (QED) is 0.380. The summed E-state index contributed by atoms with van der Waals surface area (Å²) >= 11 is 4.52. The number of rotatable bonds is 3. The summed E-state index contributed by atoms with van der Waals surface area (Å²) in [5, 5.41) is 2.76. The second-order valence-corrected chi connectivity index (χ2v) is 9.14. The maximum Gasteiger partial charge on any atom is 0.0689 e. The van der Waals surface area contributed by atoms with Gasteiger partial charge in [0.2, 0.25) is 0 Å². The highest BCUT2D eigenvalue weighted by Crippen LogP contribution is 2.43. The van der Waals surface area contributed by atoms with Crippen molar-refractivity contribution < 1.29 is 0 Å². The second kappa shape index (κ2) is 5.19. The molecule has 0 aliphatic heterocycles. The fraction of sp³-hybridized carbons (Fsp3) is 0.333. The van der Waals surface area contributed by atoms with E-state index in [2.05, 4.69) is 79.8 Å². The Morgan fingerprint density at radius 3 is 2.47 bits per heavy atom. The van der Waals surface area contributed by atoms with Crippen LogP contribution in [-0.4, -0.2) is 2.75 Å². The number of halogens is 1. The molecule has 0 bridgehead atoms. The summed E-state index contributed by atoms with van der Waals surface area (Å²) in [6.45, 7) is 6.72. The summed E-state index contributed by atoms with van der Waals surface area (Å²) in [5.41, 5.74) is 1.36. The van der Waals surface area contributed by atoms with Gasteiger partial charge >= 0.3 is 0 Å². The molecule has 90 valence electrons. The van der Waals surface area contributed by atoms with E-state index in [0.29, 0.717) is 0 Å². The summed E-state index contributed by atoms with van der Waals surface area (Å²) in [6, 6.07) is 13.2. The standard InChI is InChI=1S/C15H17IS/c1-4-15(3,16)17-14-10-6-8-12-11(2)7-5-9-13(12)14/h5-10H,4H2,1-3H3. The van der Waals surface area contributed by atoms with Crippen molar-refractivity contribution in [2.75, 3.05) is 0 Å². The van der Waals surface area contributed by atoms with Crippen molar-refractivity contribution in [2.45, 2.75) is 34.8 Å². The van der Waals surface area contributed by atoms with E-state index >= 15 is 0 Å². The van der Waals surface area contributed by atoms with Gasteiger partial charge < -0.3 is 0 Å². The van der Waals surface area contributed by atoms with Crippen molar-refractivity contribution in [1.82, 2.24) is 0 Å². The number of hydrogen-bond donors (Lipinski definition) is 0. The van der Waals surface area contributed by atoms with Gasteiger partial charge in [0, 0.05) is 4.90 Å². The first-order valence-corrected chi connectivity index (χ1v) is 7.79. The van der Waals surface area contributed by atoms with Crippen molar-refractivity contribution in [2.24, 2.45) is 0 Å². The second-order valence-electron chi connectivity index (χ2n) is 4.48. The molecule has 2 aromatic carbocycles. The molecule has 0 heterocycles. The fourth-order valence-electron chi connectivity index (χ4n) is 1.83. The minimum absolute atomic E-state index is 0.274. The molecule has 0 aliphatic carbocycles. The van der Waals surface area contributed by atoms with Gasteiger partial charge in [0.25, 0.3) is 0 Å². The highest BCUT2D eigenvalue weighted by atomic mass is 127. The molecule has 0 radical (unpaired) electrons. The van der Waals surface area contributed by atoms with E-state index in [1.807, 2.05) is 11.8 Å². The molecule has 0 saturated carbocycles. The Bertz CT molecular complexity index is 531. The molecule has 2 aromatic rings. The molecular formula is C15H17IS. The highest BCUT2D eigenvalue weighted by Gasteiger charge is 2.20. The minimum Gasteiger partial charge on any atom is -0.108 e. The number of benzene rings is 2. The van der Waals surface area contributed by atoms with Gasteiger partial charge in [-0.15, -0.1) is 11.8 Å². The SMILES string of the molecule is CCC(C)(I)Sc1cccc2c(C)cccc12. The predicted molar refractivity (Wildman–Crippen MR) is 87.3 cm³/mol. The Balaban J connectivity index is 2.52. The van der Waals surface area contributed by atoms with Crippen molar-refractivity contribution in [3.8, 4) is 0 Å². The molecule has 0 aliphatic rings. The molecule has 0 N–H and O–H groups in total. The zero-order valence-electron chi connectivity index (χ0n) is 10.5. The normalized spacial score (nSPS) is 14.8. The lowest BCUT2D eigenvalue weighted by Gasteiger charge is -2.21. The maximum absolute atomic E-state index is 2.55. The van der Waals surface area contributed by atoms with Gasteiger partial charge in [-0.05, 0) is 42.7 Å². The van der Waals surface area contributed by atoms with E-state index < -0.39 is 0 Å². The summed E-state index contributed by atoms with van der Waals surface area (Å²) in [4.78, 5) is 1.39. The number of thioether (sulfide) groups is 1. The van der Waals surface area contributed by atoms with Gasteiger partial charge in [-0.1, -0.05) is 59.8 Å². The zero-order valence-corrected chi connectivity index (χ0v) is 13.4. The Morgan fingerprint density at radius 2 is 1.76 bits per heavy atom. The van der Waals surface area contributed by atoms with E-state index in [4.69, 9.17) is 0 Å². The topological polar surface area (TPSA) is 0 Å². The van der Waals surface area contributed by atoms with Crippen LogP contribution in [0.1, 0.15) is 25.8 Å². The number of fused-ring (bicyclic) bond motifs is 1. The van der Waals surface area contributed by atoms with E-state index in [1.165, 1.54) is 27.7 Å². The third-order valence-electron chi connectivity index (χ3n) is 3.05. The fourth-order valence-corrected chi connectivity index (χ4v) is 3.58. The van der Waals surface area contributed by atoms with Crippen LogP contribution in [0.15, 0.2) is 41.3 Å². The van der Waals surface area contributed by atoms with E-state index in [-0.39, 0.29) is 2.75 Å². The number of hydrogen-bond acceptors (Lipinski definition) is 1. The van der Waals surface area contributed by atoms with Crippen molar-refractivity contribution in [1.29, 1.82) is 0 Å². The minimum atomic E-state index is 0.274. The first-order valence-electron chi connectivity index (χ1n) is 5.90. The van der Waals surface area contributed by atoms with Crippen LogP contribution in [0.25, 0.3) is 10.8 Å². The molecule has 0 saturated heterocycles. The molecule has 17 heavy (non-hydrogen) atoms. The Labute approximate surface area is 121 Å². The van der Waals surface area contributed by atoms with Gasteiger partial charge in [-0.2, -0.15) is 0 Å². The summed E-state index contributed by atoms with van der Waals surface area (Å²) < 4.78 is 0.274. The largest absolute Gasteiger partial charge is 0.108 e. The van der Waals surface area contributed by atoms with E-state index in [1.54, 1.807) is 0 Å². The molecule has 2 rings (SSSR count). The van der Waals surface area contributed by atoms with E-state index in [0.717, 1.165) is 0 Å². The molecule has 0 fully saturated rings. The van der Waals surface area contributed by atoms with Crippen molar-refractivity contribution >= 4 is 45.1 Å². The van der Waals surface area contributed by atoms with Crippen LogP contribution in [0.3, 0.4) is 0 Å². The molecular weight excluding hydrogens is 339 g/mol. The van der Waals surface area contributed by atoms with Crippen LogP contribution >= 0.6 is 34.4 Å². The van der Waals surface area contributed by atoms with Crippen LogP contribution in [0.4, 0.5) is 0 Å². The van der Waals surface area contributed by atoms with Crippen molar-refractivity contribution in [3.05, 3.63) is 42.0 Å². The average molecular weight is 356 g/mol. The Hall–Kier alpha value is -0.220. The predicted octanol–water partition coefficient (Wildman–Crippen LogP) is 5.80. The summed E-state index contributed by atoms with van der Waals surface area (Å²) in [5.74, 6) is 0. The lowest BCUT2D eigenvalue weighted by molar-refractivity contribution is 0.879. The molecule has 0 nitrogen and oxygen atoms in total. The molecule has 0 amide bonds. The monoisotopic (exact) mass is 356 g/mol. The molecule has 1 atom stereocenters. The summed E-state index contributed by atoms with van der Waals surface area (Å²) in [7, 11) is 0. The third kappa shape index (κ3) is 2.97.